The van der Waals surface area contributed by atoms with Gasteiger partial charge in [0.2, 0.25) is 11.8 Å². The number of fused-ring (bicyclic) bond motifs is 1. The second-order valence-electron chi connectivity index (χ2n) is 8.94. The number of nitrogens with one attached hydrogen (secondary N) is 4. The van der Waals surface area contributed by atoms with Crippen LogP contribution in [0.2, 0.25) is 0 Å². The molecule has 0 aliphatic carbocycles. The van der Waals surface area contributed by atoms with Crippen LogP contribution in [0.1, 0.15) is 24.0 Å². The minimum Gasteiger partial charge on any atom is -0.379 e. The highest BCUT2D eigenvalue weighted by Gasteiger charge is 2.29. The highest BCUT2D eigenvalue weighted by molar-refractivity contribution is 7.81. The average Bonchev–Trinajstić information content (AvgIpc) is 2.96. The zero-order valence-electron chi connectivity index (χ0n) is 22.7. The van der Waals surface area contributed by atoms with Crippen molar-refractivity contribution < 1.29 is 28.2 Å². The third-order valence-corrected chi connectivity index (χ3v) is 6.23. The molecule has 1 atom stereocenters. The first-order valence-corrected chi connectivity index (χ1v) is 13.7. The van der Waals surface area contributed by atoms with Gasteiger partial charge in [-0.3, -0.25) is 24.0 Å². The number of amides is 4. The van der Waals surface area contributed by atoms with E-state index >= 15 is 0 Å². The molecule has 4 amide bonds. The zero-order chi connectivity index (χ0) is 29.5. The minimum absolute atomic E-state index is 0.0289. The lowest BCUT2D eigenvalue weighted by atomic mass is 9.96. The maximum Gasteiger partial charge on any atom is 0.272 e. The van der Waals surface area contributed by atoms with E-state index in [1.54, 1.807) is 6.92 Å². The first kappa shape index (κ1) is 33.1. The lowest BCUT2D eigenvalue weighted by molar-refractivity contribution is -0.195. The van der Waals surface area contributed by atoms with Crippen molar-refractivity contribution in [1.29, 1.82) is 0 Å². The number of hydrogen-bond acceptors (Lipinski definition) is 10. The predicted molar refractivity (Wildman–Crippen MR) is 160 cm³/mol. The number of benzene rings is 2. The number of rotatable bonds is 17. The normalized spacial score (nSPS) is 11.5. The van der Waals surface area contributed by atoms with Crippen LogP contribution in [0.5, 0.6) is 0 Å². The number of carbonyl (C=O) groups is 4. The van der Waals surface area contributed by atoms with Gasteiger partial charge in [-0.25, -0.2) is 0 Å². The van der Waals surface area contributed by atoms with E-state index in [0.717, 1.165) is 21.9 Å². The quantitative estimate of drug-likeness (QED) is 0.0700. The summed E-state index contributed by atoms with van der Waals surface area (Å²) in [5.74, 6) is -2.71. The molecule has 2 rings (SSSR count). The maximum absolute atomic E-state index is 13.4. The molecule has 40 heavy (non-hydrogen) atoms. The van der Waals surface area contributed by atoms with Crippen molar-refractivity contribution in [2.75, 3.05) is 51.7 Å². The van der Waals surface area contributed by atoms with E-state index in [9.17, 15) is 19.2 Å². The Morgan fingerprint density at radius 1 is 0.925 bits per heavy atom. The molecule has 0 fully saturated rings. The van der Waals surface area contributed by atoms with Crippen LogP contribution in [0.25, 0.3) is 10.8 Å². The van der Waals surface area contributed by atoms with Crippen LogP contribution in [0.4, 0.5) is 0 Å². The van der Waals surface area contributed by atoms with Crippen LogP contribution in [-0.2, 0) is 28.2 Å². The minimum atomic E-state index is -0.722. The molecule has 13 heteroatoms. The van der Waals surface area contributed by atoms with Crippen molar-refractivity contribution in [3.8, 4) is 0 Å². The Hall–Kier alpha value is -3.10. The number of hydroxylamine groups is 2. The third kappa shape index (κ3) is 11.2. The van der Waals surface area contributed by atoms with Crippen LogP contribution >= 0.6 is 25.5 Å². The van der Waals surface area contributed by atoms with Crippen molar-refractivity contribution in [2.24, 2.45) is 0 Å². The molecule has 0 radical (unpaired) electrons. The Kier molecular flexibility index (Phi) is 14.5. The first-order valence-electron chi connectivity index (χ1n) is 12.7. The monoisotopic (exact) mass is 591 g/mol. The first-order chi connectivity index (χ1) is 19.2. The Labute approximate surface area is 245 Å². The molecule has 0 heterocycles. The van der Waals surface area contributed by atoms with Crippen LogP contribution < -0.4 is 21.3 Å². The largest absolute Gasteiger partial charge is 0.379 e. The Bertz CT molecular complexity index is 1200. The van der Waals surface area contributed by atoms with Crippen LogP contribution in [0.15, 0.2) is 48.7 Å². The lowest BCUT2D eigenvalue weighted by Crippen LogP contribution is -2.47. The highest BCUT2D eigenvalue weighted by atomic mass is 32.1. The highest BCUT2D eigenvalue weighted by Crippen LogP contribution is 2.24. The van der Waals surface area contributed by atoms with E-state index in [1.165, 1.54) is 0 Å². The standard InChI is InChI=1S/C27H37N5O6S2/c1-18-4-5-23-13-21(6-7-22(23)12-18)20(3)27(36)32(37-10-8-28-9-11-38-40)26(35)16-31-24(33)15-29-19(2)14-30-25(34)17-39/h4-7,12-13,20,28-29,39-40H,2,8-11,14-17H2,1,3H3,(H,30,34)(H,31,33)/t20-/m0/s1. The fourth-order valence-corrected chi connectivity index (χ4v) is 3.72. The van der Waals surface area contributed by atoms with Crippen LogP contribution in [0.3, 0.4) is 0 Å². The van der Waals surface area contributed by atoms with E-state index in [1.807, 2.05) is 37.3 Å². The summed E-state index contributed by atoms with van der Waals surface area (Å²) in [4.78, 5) is 55.5. The Morgan fingerprint density at radius 3 is 2.33 bits per heavy atom. The number of carbonyl (C=O) groups excluding carboxylic acids is 4. The SMILES string of the molecule is C=C(CNC(=O)CS)NCC(=O)NCC(=O)N(OCCNCCOS)C(=O)[C@@H](C)c1ccc2cc(C)ccc2c1. The maximum atomic E-state index is 13.4. The summed E-state index contributed by atoms with van der Waals surface area (Å²) in [6.45, 7) is 8.18. The van der Waals surface area contributed by atoms with Crippen LogP contribution in [0, 0.1) is 6.92 Å². The molecule has 0 spiro atoms. The van der Waals surface area contributed by atoms with Gasteiger partial charge in [-0.2, -0.15) is 17.7 Å². The van der Waals surface area contributed by atoms with Crippen LogP contribution in [-0.4, -0.2) is 80.4 Å². The second kappa shape index (κ2) is 17.6. The summed E-state index contributed by atoms with van der Waals surface area (Å²) in [6.07, 6.45) is 0. The van der Waals surface area contributed by atoms with Crippen molar-refractivity contribution in [3.63, 3.8) is 0 Å². The molecular weight excluding hydrogens is 554 g/mol. The van der Waals surface area contributed by atoms with Crippen molar-refractivity contribution in [1.82, 2.24) is 26.3 Å². The molecule has 0 aliphatic heterocycles. The van der Waals surface area contributed by atoms with E-state index in [-0.39, 0.29) is 31.4 Å². The molecule has 218 valence electrons. The Morgan fingerprint density at radius 2 is 1.60 bits per heavy atom. The molecule has 11 nitrogen and oxygen atoms in total. The Balaban J connectivity index is 2.01. The van der Waals surface area contributed by atoms with Gasteiger partial charge < -0.3 is 25.5 Å². The van der Waals surface area contributed by atoms with E-state index < -0.39 is 30.2 Å². The van der Waals surface area contributed by atoms with Gasteiger partial charge in [-0.15, -0.1) is 0 Å². The zero-order valence-corrected chi connectivity index (χ0v) is 24.5. The molecule has 0 aromatic heterocycles. The van der Waals surface area contributed by atoms with E-state index in [0.29, 0.717) is 30.5 Å². The molecule has 4 N–H and O–H groups in total. The topological polar surface area (TPSA) is 138 Å². The number of aryl methyl sites for hydroxylation is 1. The number of nitrogens with zero attached hydrogens (tertiary/aromatic N) is 1. The predicted octanol–water partition coefficient (Wildman–Crippen LogP) is 1.26. The van der Waals surface area contributed by atoms with Gasteiger partial charge in [0.1, 0.15) is 0 Å². The molecule has 0 saturated carbocycles. The van der Waals surface area contributed by atoms with Gasteiger partial charge in [0.05, 0.1) is 44.5 Å². The van der Waals surface area contributed by atoms with Gasteiger partial charge in [0.25, 0.3) is 11.8 Å². The molecule has 0 aliphatic rings. The molecule has 2 aromatic rings. The molecular formula is C27H37N5O6S2. The third-order valence-electron chi connectivity index (χ3n) is 5.76. The summed E-state index contributed by atoms with van der Waals surface area (Å²) in [7, 11) is 0. The number of hydrogen-bond donors (Lipinski definition) is 6. The molecule has 0 bridgehead atoms. The van der Waals surface area contributed by atoms with E-state index in [2.05, 4.69) is 63.6 Å². The molecule has 2 aromatic carbocycles. The summed E-state index contributed by atoms with van der Waals surface area (Å²) >= 11 is 7.54. The van der Waals surface area contributed by atoms with Gasteiger partial charge in [0, 0.05) is 18.8 Å². The number of imide groups is 1. The fourth-order valence-electron chi connectivity index (χ4n) is 3.52. The average molecular weight is 592 g/mol. The van der Waals surface area contributed by atoms with Crippen molar-refractivity contribution in [2.45, 2.75) is 19.8 Å². The van der Waals surface area contributed by atoms with Crippen molar-refractivity contribution >= 4 is 59.9 Å². The van der Waals surface area contributed by atoms with E-state index in [4.69, 9.17) is 4.84 Å². The van der Waals surface area contributed by atoms with Crippen molar-refractivity contribution in [3.05, 3.63) is 59.8 Å². The van der Waals surface area contributed by atoms with Gasteiger partial charge >= 0.3 is 0 Å². The van der Waals surface area contributed by atoms with Gasteiger partial charge in [0.15, 0.2) is 0 Å². The lowest BCUT2D eigenvalue weighted by Gasteiger charge is -2.24. The molecule has 0 unspecified atom stereocenters. The summed E-state index contributed by atoms with van der Waals surface area (Å²) < 4.78 is 4.68. The van der Waals surface area contributed by atoms with Gasteiger partial charge in [-0.05, 0) is 43.1 Å². The smallest absolute Gasteiger partial charge is 0.272 e. The summed E-state index contributed by atoms with van der Waals surface area (Å²) in [6, 6.07) is 11.7. The number of thiol groups is 2. The summed E-state index contributed by atoms with van der Waals surface area (Å²) in [5, 5.41) is 13.6. The fraction of sp³-hybridized carbons (Fsp3) is 0.407. The summed E-state index contributed by atoms with van der Waals surface area (Å²) in [5.41, 5.74) is 2.27. The van der Waals surface area contributed by atoms with Gasteiger partial charge in [-0.1, -0.05) is 48.5 Å². The molecule has 0 saturated heterocycles. The second-order valence-corrected chi connectivity index (χ2v) is 9.52.